The molecular weight excluding hydrogens is 363 g/mol. The number of nitrogens with zero attached hydrogens (tertiary/aromatic N) is 1. The Kier molecular flexibility index (Phi) is 6.28. The van der Waals surface area contributed by atoms with E-state index in [0.29, 0.717) is 21.3 Å². The number of benzene rings is 2. The molecule has 0 aliphatic heterocycles. The SMILES string of the molecule is C[C@@H](OC(=O)c1cccc(N(C)C)c1)C(=O)Nc1cc(Cl)cc(Cl)c1. The Labute approximate surface area is 156 Å². The first-order valence-electron chi connectivity index (χ1n) is 7.51. The van der Waals surface area contributed by atoms with Gasteiger partial charge in [0.25, 0.3) is 5.91 Å². The molecule has 2 aromatic rings. The van der Waals surface area contributed by atoms with Crippen molar-refractivity contribution in [3.63, 3.8) is 0 Å². The van der Waals surface area contributed by atoms with Gasteiger partial charge in [-0.2, -0.15) is 0 Å². The number of nitrogens with one attached hydrogen (secondary N) is 1. The molecule has 25 heavy (non-hydrogen) atoms. The minimum Gasteiger partial charge on any atom is -0.449 e. The van der Waals surface area contributed by atoms with Crippen molar-refractivity contribution in [3.05, 3.63) is 58.1 Å². The van der Waals surface area contributed by atoms with Crippen LogP contribution in [0.5, 0.6) is 0 Å². The molecule has 0 unspecified atom stereocenters. The van der Waals surface area contributed by atoms with E-state index in [2.05, 4.69) is 5.32 Å². The maximum Gasteiger partial charge on any atom is 0.338 e. The van der Waals surface area contributed by atoms with E-state index in [1.807, 2.05) is 25.1 Å². The molecule has 0 bridgehead atoms. The summed E-state index contributed by atoms with van der Waals surface area (Å²) in [6, 6.07) is 11.6. The van der Waals surface area contributed by atoms with Gasteiger partial charge in [0.05, 0.1) is 5.56 Å². The fourth-order valence-corrected chi connectivity index (χ4v) is 2.59. The molecule has 0 saturated carbocycles. The highest BCUT2D eigenvalue weighted by molar-refractivity contribution is 6.35. The van der Waals surface area contributed by atoms with E-state index >= 15 is 0 Å². The lowest BCUT2D eigenvalue weighted by atomic mass is 10.2. The van der Waals surface area contributed by atoms with E-state index in [1.54, 1.807) is 36.4 Å². The molecule has 2 rings (SSSR count). The van der Waals surface area contributed by atoms with E-state index in [9.17, 15) is 9.59 Å². The first-order chi connectivity index (χ1) is 11.8. The van der Waals surface area contributed by atoms with Crippen molar-refractivity contribution in [1.82, 2.24) is 0 Å². The molecule has 132 valence electrons. The molecule has 1 N–H and O–H groups in total. The lowest BCUT2D eigenvalue weighted by Gasteiger charge is -2.16. The largest absolute Gasteiger partial charge is 0.449 e. The van der Waals surface area contributed by atoms with Gasteiger partial charge in [-0.05, 0) is 43.3 Å². The average molecular weight is 381 g/mol. The van der Waals surface area contributed by atoms with Crippen LogP contribution in [0.3, 0.4) is 0 Å². The Morgan fingerprint density at radius 1 is 1.08 bits per heavy atom. The molecule has 1 atom stereocenters. The van der Waals surface area contributed by atoms with Crippen LogP contribution in [0.4, 0.5) is 11.4 Å². The molecule has 0 aliphatic carbocycles. The second kappa shape index (κ2) is 8.23. The maximum atomic E-state index is 12.2. The number of hydrogen-bond acceptors (Lipinski definition) is 4. The monoisotopic (exact) mass is 380 g/mol. The lowest BCUT2D eigenvalue weighted by molar-refractivity contribution is -0.123. The van der Waals surface area contributed by atoms with E-state index in [1.165, 1.54) is 6.92 Å². The van der Waals surface area contributed by atoms with Crippen LogP contribution in [-0.4, -0.2) is 32.1 Å². The van der Waals surface area contributed by atoms with Crippen LogP contribution < -0.4 is 10.2 Å². The van der Waals surface area contributed by atoms with Gasteiger partial charge in [-0.25, -0.2) is 4.79 Å². The zero-order valence-electron chi connectivity index (χ0n) is 14.0. The number of rotatable bonds is 5. The second-order valence-electron chi connectivity index (χ2n) is 5.64. The van der Waals surface area contributed by atoms with Gasteiger partial charge in [-0.15, -0.1) is 0 Å². The zero-order chi connectivity index (χ0) is 18.6. The summed E-state index contributed by atoms with van der Waals surface area (Å²) >= 11 is 11.8. The molecule has 1 amide bonds. The number of carbonyl (C=O) groups is 2. The van der Waals surface area contributed by atoms with E-state index in [0.717, 1.165) is 5.69 Å². The van der Waals surface area contributed by atoms with Crippen molar-refractivity contribution >= 4 is 46.5 Å². The number of anilines is 2. The number of hydrogen-bond donors (Lipinski definition) is 1. The highest BCUT2D eigenvalue weighted by Gasteiger charge is 2.19. The highest BCUT2D eigenvalue weighted by atomic mass is 35.5. The summed E-state index contributed by atoms with van der Waals surface area (Å²) in [5.74, 6) is -1.05. The molecule has 0 aromatic heterocycles. The van der Waals surface area contributed by atoms with Gasteiger partial charge >= 0.3 is 5.97 Å². The Morgan fingerprint density at radius 2 is 1.72 bits per heavy atom. The van der Waals surface area contributed by atoms with Gasteiger partial charge in [-0.3, -0.25) is 4.79 Å². The van der Waals surface area contributed by atoms with Gasteiger partial charge < -0.3 is 15.0 Å². The van der Waals surface area contributed by atoms with Gasteiger partial charge in [0, 0.05) is 35.5 Å². The molecule has 7 heteroatoms. The number of halogens is 2. The van der Waals surface area contributed by atoms with Crippen molar-refractivity contribution in [2.45, 2.75) is 13.0 Å². The number of amides is 1. The first-order valence-corrected chi connectivity index (χ1v) is 8.27. The van der Waals surface area contributed by atoms with Crippen LogP contribution in [0.2, 0.25) is 10.0 Å². The average Bonchev–Trinajstić information content (AvgIpc) is 2.53. The molecule has 5 nitrogen and oxygen atoms in total. The van der Waals surface area contributed by atoms with Gasteiger partial charge in [-0.1, -0.05) is 29.3 Å². The van der Waals surface area contributed by atoms with Crippen molar-refractivity contribution in [3.8, 4) is 0 Å². The van der Waals surface area contributed by atoms with E-state index in [4.69, 9.17) is 27.9 Å². The molecule has 2 aromatic carbocycles. The molecule has 0 saturated heterocycles. The zero-order valence-corrected chi connectivity index (χ0v) is 15.6. The van der Waals surface area contributed by atoms with E-state index in [-0.39, 0.29) is 0 Å². The molecular formula is C18H18Cl2N2O3. The Hall–Kier alpha value is -2.24. The van der Waals surface area contributed by atoms with Crippen LogP contribution >= 0.6 is 23.2 Å². The topological polar surface area (TPSA) is 58.6 Å². The van der Waals surface area contributed by atoms with Crippen molar-refractivity contribution in [2.24, 2.45) is 0 Å². The standard InChI is InChI=1S/C18H18Cl2N2O3/c1-11(17(23)21-15-9-13(19)8-14(20)10-15)25-18(24)12-5-4-6-16(7-12)22(2)3/h4-11H,1-3H3,(H,21,23)/t11-/m1/s1. The summed E-state index contributed by atoms with van der Waals surface area (Å²) in [6.07, 6.45) is -0.978. The number of esters is 1. The summed E-state index contributed by atoms with van der Waals surface area (Å²) in [6.45, 7) is 1.50. The predicted molar refractivity (Wildman–Crippen MR) is 101 cm³/mol. The maximum absolute atomic E-state index is 12.2. The summed E-state index contributed by atoms with van der Waals surface area (Å²) in [4.78, 5) is 26.3. The minimum atomic E-state index is -0.978. The lowest BCUT2D eigenvalue weighted by Crippen LogP contribution is -2.30. The summed E-state index contributed by atoms with van der Waals surface area (Å²) in [7, 11) is 3.74. The third-order valence-corrected chi connectivity index (χ3v) is 3.82. The van der Waals surface area contributed by atoms with Crippen LogP contribution in [-0.2, 0) is 9.53 Å². The van der Waals surface area contributed by atoms with Crippen molar-refractivity contribution < 1.29 is 14.3 Å². The number of carbonyl (C=O) groups excluding carboxylic acids is 2. The normalized spacial score (nSPS) is 11.6. The predicted octanol–water partition coefficient (Wildman–Crippen LogP) is 4.24. The first kappa shape index (κ1) is 19.1. The number of ether oxygens (including phenoxy) is 1. The highest BCUT2D eigenvalue weighted by Crippen LogP contribution is 2.22. The molecule has 0 aliphatic rings. The van der Waals surface area contributed by atoms with Crippen molar-refractivity contribution in [1.29, 1.82) is 0 Å². The third kappa shape index (κ3) is 5.37. The fraction of sp³-hybridized carbons (Fsp3) is 0.222. The molecule has 0 heterocycles. The fourth-order valence-electron chi connectivity index (χ4n) is 2.06. The summed E-state index contributed by atoms with van der Waals surface area (Å²) in [5.41, 5.74) is 1.66. The van der Waals surface area contributed by atoms with Gasteiger partial charge in [0.2, 0.25) is 0 Å². The van der Waals surface area contributed by atoms with Crippen LogP contribution in [0.25, 0.3) is 0 Å². The van der Waals surface area contributed by atoms with Crippen LogP contribution in [0.1, 0.15) is 17.3 Å². The van der Waals surface area contributed by atoms with Crippen molar-refractivity contribution in [2.75, 3.05) is 24.3 Å². The Balaban J connectivity index is 2.03. The molecule has 0 radical (unpaired) electrons. The van der Waals surface area contributed by atoms with Crippen LogP contribution in [0, 0.1) is 0 Å². The minimum absolute atomic E-state index is 0.372. The van der Waals surface area contributed by atoms with E-state index < -0.39 is 18.0 Å². The Morgan fingerprint density at radius 3 is 2.32 bits per heavy atom. The quantitative estimate of drug-likeness (QED) is 0.787. The Bertz CT molecular complexity index is 773. The van der Waals surface area contributed by atoms with Gasteiger partial charge in [0.15, 0.2) is 6.10 Å². The molecule has 0 spiro atoms. The summed E-state index contributed by atoms with van der Waals surface area (Å²) < 4.78 is 5.23. The molecule has 0 fully saturated rings. The van der Waals surface area contributed by atoms with Gasteiger partial charge in [0.1, 0.15) is 0 Å². The third-order valence-electron chi connectivity index (χ3n) is 3.38. The van der Waals surface area contributed by atoms with Crippen LogP contribution in [0.15, 0.2) is 42.5 Å². The smallest absolute Gasteiger partial charge is 0.338 e. The summed E-state index contributed by atoms with van der Waals surface area (Å²) in [5, 5.41) is 3.41. The second-order valence-corrected chi connectivity index (χ2v) is 6.51.